The van der Waals surface area contributed by atoms with E-state index < -0.39 is 0 Å². The van der Waals surface area contributed by atoms with Crippen LogP contribution in [-0.2, 0) is 17.8 Å². The van der Waals surface area contributed by atoms with Crippen molar-refractivity contribution in [2.24, 2.45) is 0 Å². The van der Waals surface area contributed by atoms with E-state index in [-0.39, 0.29) is 5.91 Å². The second kappa shape index (κ2) is 7.48. The topological polar surface area (TPSA) is 46.3 Å². The quantitative estimate of drug-likeness (QED) is 0.818. The van der Waals surface area contributed by atoms with Gasteiger partial charge in [0.15, 0.2) is 0 Å². The van der Waals surface area contributed by atoms with Gasteiger partial charge in [-0.05, 0) is 43.2 Å². The maximum Gasteiger partial charge on any atom is 0.223 e. The number of aryl methyl sites for hydroxylation is 1. The largest absolute Gasteiger partial charge is 0.399 e. The average Bonchev–Trinajstić information content (AvgIpc) is 2.89. The number of amides is 1. The number of hydrogen-bond donors (Lipinski definition) is 1. The highest BCUT2D eigenvalue weighted by Crippen LogP contribution is 2.23. The summed E-state index contributed by atoms with van der Waals surface area (Å²) in [4.78, 5) is 15.3. The Hall–Kier alpha value is -1.52. The SMILES string of the molecule is CCN(Cc1ccc(Cl)s1)C(=O)CCc1ccc(N)cc1. The van der Waals surface area contributed by atoms with Crippen LogP contribution in [0.3, 0.4) is 0 Å². The molecule has 1 amide bonds. The zero-order valence-electron chi connectivity index (χ0n) is 12.0. The van der Waals surface area contributed by atoms with Gasteiger partial charge >= 0.3 is 0 Å². The van der Waals surface area contributed by atoms with Crippen LogP contribution >= 0.6 is 22.9 Å². The molecule has 3 nitrogen and oxygen atoms in total. The number of rotatable bonds is 6. The van der Waals surface area contributed by atoms with E-state index in [1.54, 1.807) is 0 Å². The average molecular weight is 323 g/mol. The Morgan fingerprint density at radius 2 is 1.95 bits per heavy atom. The van der Waals surface area contributed by atoms with Crippen molar-refractivity contribution in [3.8, 4) is 0 Å². The molecule has 2 rings (SSSR count). The summed E-state index contributed by atoms with van der Waals surface area (Å²) in [7, 11) is 0. The molecule has 1 aromatic carbocycles. The molecule has 0 saturated carbocycles. The second-order valence-electron chi connectivity index (χ2n) is 4.86. The highest BCUT2D eigenvalue weighted by atomic mass is 35.5. The van der Waals surface area contributed by atoms with Gasteiger partial charge in [-0.3, -0.25) is 4.79 Å². The fraction of sp³-hybridized carbons (Fsp3) is 0.312. The van der Waals surface area contributed by atoms with Crippen LogP contribution in [0.2, 0.25) is 4.34 Å². The molecule has 2 N–H and O–H groups in total. The van der Waals surface area contributed by atoms with Crippen molar-refractivity contribution in [3.63, 3.8) is 0 Å². The Morgan fingerprint density at radius 1 is 1.24 bits per heavy atom. The zero-order valence-corrected chi connectivity index (χ0v) is 13.6. The minimum atomic E-state index is 0.166. The lowest BCUT2D eigenvalue weighted by atomic mass is 10.1. The molecular weight excluding hydrogens is 304 g/mol. The van der Waals surface area contributed by atoms with E-state index in [1.165, 1.54) is 11.3 Å². The normalized spacial score (nSPS) is 10.6. The van der Waals surface area contributed by atoms with Crippen molar-refractivity contribution in [2.45, 2.75) is 26.3 Å². The molecule has 0 aliphatic heterocycles. The van der Waals surface area contributed by atoms with E-state index in [9.17, 15) is 4.79 Å². The molecule has 21 heavy (non-hydrogen) atoms. The Labute approximate surface area is 134 Å². The predicted molar refractivity (Wildman–Crippen MR) is 89.6 cm³/mol. The lowest BCUT2D eigenvalue weighted by Gasteiger charge is -2.20. The van der Waals surface area contributed by atoms with Gasteiger partial charge in [0.1, 0.15) is 0 Å². The Kier molecular flexibility index (Phi) is 5.65. The summed E-state index contributed by atoms with van der Waals surface area (Å²) in [5.74, 6) is 0.166. The summed E-state index contributed by atoms with van der Waals surface area (Å²) in [6.07, 6.45) is 1.25. The minimum Gasteiger partial charge on any atom is -0.399 e. The first-order chi connectivity index (χ1) is 10.1. The lowest BCUT2D eigenvalue weighted by molar-refractivity contribution is -0.131. The number of carbonyl (C=O) groups is 1. The molecule has 1 heterocycles. The van der Waals surface area contributed by atoms with Crippen molar-refractivity contribution in [3.05, 3.63) is 51.2 Å². The number of nitrogens with zero attached hydrogens (tertiary/aromatic N) is 1. The monoisotopic (exact) mass is 322 g/mol. The van der Waals surface area contributed by atoms with E-state index >= 15 is 0 Å². The molecule has 0 radical (unpaired) electrons. The van der Waals surface area contributed by atoms with Crippen LogP contribution in [0, 0.1) is 0 Å². The molecule has 0 aliphatic rings. The first-order valence-corrected chi connectivity index (χ1v) is 8.14. The smallest absolute Gasteiger partial charge is 0.223 e. The third kappa shape index (κ3) is 4.76. The fourth-order valence-corrected chi connectivity index (χ4v) is 3.20. The van der Waals surface area contributed by atoms with Crippen LogP contribution in [0.1, 0.15) is 23.8 Å². The van der Waals surface area contributed by atoms with Crippen molar-refractivity contribution in [1.29, 1.82) is 0 Å². The van der Waals surface area contributed by atoms with Crippen LogP contribution in [0.15, 0.2) is 36.4 Å². The van der Waals surface area contributed by atoms with Gasteiger partial charge in [0.25, 0.3) is 0 Å². The molecule has 0 fully saturated rings. The van der Waals surface area contributed by atoms with E-state index in [4.69, 9.17) is 17.3 Å². The van der Waals surface area contributed by atoms with Gasteiger partial charge in [-0.15, -0.1) is 11.3 Å². The highest BCUT2D eigenvalue weighted by molar-refractivity contribution is 7.16. The summed E-state index contributed by atoms with van der Waals surface area (Å²) in [5, 5.41) is 0. The van der Waals surface area contributed by atoms with E-state index in [0.717, 1.165) is 26.9 Å². The van der Waals surface area contributed by atoms with Gasteiger partial charge in [0, 0.05) is 23.5 Å². The maximum absolute atomic E-state index is 12.3. The van der Waals surface area contributed by atoms with Gasteiger partial charge in [-0.1, -0.05) is 23.7 Å². The standard InChI is InChI=1S/C16H19ClN2OS/c1-2-19(11-14-8-9-15(17)21-14)16(20)10-5-12-3-6-13(18)7-4-12/h3-4,6-9H,2,5,10-11,18H2,1H3. The van der Waals surface area contributed by atoms with Crippen LogP contribution in [0.5, 0.6) is 0 Å². The van der Waals surface area contributed by atoms with Gasteiger partial charge in [0.05, 0.1) is 10.9 Å². The molecule has 1 aromatic heterocycles. The molecule has 0 spiro atoms. The zero-order chi connectivity index (χ0) is 15.2. The van der Waals surface area contributed by atoms with Crippen LogP contribution in [-0.4, -0.2) is 17.4 Å². The van der Waals surface area contributed by atoms with Crippen LogP contribution in [0.4, 0.5) is 5.69 Å². The molecular formula is C16H19ClN2OS. The maximum atomic E-state index is 12.3. The fourth-order valence-electron chi connectivity index (χ4n) is 2.09. The summed E-state index contributed by atoms with van der Waals surface area (Å²) in [6.45, 7) is 3.33. The van der Waals surface area contributed by atoms with E-state index in [1.807, 2.05) is 48.2 Å². The molecule has 112 valence electrons. The van der Waals surface area contributed by atoms with Crippen LogP contribution < -0.4 is 5.73 Å². The van der Waals surface area contributed by atoms with Crippen molar-refractivity contribution >= 4 is 34.5 Å². The summed E-state index contributed by atoms with van der Waals surface area (Å²) in [5.41, 5.74) is 7.53. The molecule has 2 aromatic rings. The predicted octanol–water partition coefficient (Wildman–Crippen LogP) is 3.97. The molecule has 0 aliphatic carbocycles. The van der Waals surface area contributed by atoms with Crippen molar-refractivity contribution < 1.29 is 4.79 Å². The number of thiophene rings is 1. The highest BCUT2D eigenvalue weighted by Gasteiger charge is 2.13. The van der Waals surface area contributed by atoms with E-state index in [0.29, 0.717) is 19.5 Å². The number of hydrogen-bond acceptors (Lipinski definition) is 3. The third-order valence-electron chi connectivity index (χ3n) is 3.32. The molecule has 0 bridgehead atoms. The van der Waals surface area contributed by atoms with Crippen molar-refractivity contribution in [2.75, 3.05) is 12.3 Å². The number of nitrogen functional groups attached to an aromatic ring is 1. The summed E-state index contributed by atoms with van der Waals surface area (Å²) < 4.78 is 0.760. The number of anilines is 1. The summed E-state index contributed by atoms with van der Waals surface area (Å²) >= 11 is 7.45. The Morgan fingerprint density at radius 3 is 2.52 bits per heavy atom. The number of carbonyl (C=O) groups excluding carboxylic acids is 1. The Bertz CT molecular complexity index is 595. The summed E-state index contributed by atoms with van der Waals surface area (Å²) in [6, 6.07) is 11.5. The van der Waals surface area contributed by atoms with Gasteiger partial charge in [-0.25, -0.2) is 0 Å². The minimum absolute atomic E-state index is 0.166. The molecule has 0 atom stereocenters. The molecule has 0 saturated heterocycles. The lowest BCUT2D eigenvalue weighted by Crippen LogP contribution is -2.30. The second-order valence-corrected chi connectivity index (χ2v) is 6.65. The van der Waals surface area contributed by atoms with E-state index in [2.05, 4.69) is 0 Å². The van der Waals surface area contributed by atoms with Gasteiger partial charge < -0.3 is 10.6 Å². The first-order valence-electron chi connectivity index (χ1n) is 6.95. The van der Waals surface area contributed by atoms with Gasteiger partial charge in [0.2, 0.25) is 5.91 Å². The molecule has 0 unspecified atom stereocenters. The Balaban J connectivity index is 1.89. The first kappa shape index (κ1) is 15.9. The third-order valence-corrected chi connectivity index (χ3v) is 4.53. The number of nitrogens with two attached hydrogens (primary N) is 1. The van der Waals surface area contributed by atoms with Crippen molar-refractivity contribution in [1.82, 2.24) is 4.90 Å². The van der Waals surface area contributed by atoms with Crippen LogP contribution in [0.25, 0.3) is 0 Å². The molecule has 5 heteroatoms. The number of benzene rings is 1. The number of halogens is 1. The van der Waals surface area contributed by atoms with Gasteiger partial charge in [-0.2, -0.15) is 0 Å².